The molecule has 1 aromatic rings. The van der Waals surface area contributed by atoms with E-state index in [9.17, 15) is 9.59 Å². The van der Waals surface area contributed by atoms with Crippen molar-refractivity contribution >= 4 is 12.1 Å². The van der Waals surface area contributed by atoms with E-state index >= 15 is 0 Å². The molecule has 0 aliphatic carbocycles. The van der Waals surface area contributed by atoms with Gasteiger partial charge in [-0.25, -0.2) is 9.59 Å². The molecule has 0 saturated heterocycles. The van der Waals surface area contributed by atoms with Crippen LogP contribution in [0.3, 0.4) is 0 Å². The fourth-order valence-electron chi connectivity index (χ4n) is 1.56. The number of rotatable bonds is 5. The van der Waals surface area contributed by atoms with Gasteiger partial charge in [0.15, 0.2) is 0 Å². The Bertz CT molecular complexity index is 522. The summed E-state index contributed by atoms with van der Waals surface area (Å²) in [5.74, 6) is 0.122. The number of carbonyl (C=O) groups excluding carboxylic acids is 2. The largest absolute Gasteiger partial charge is 0.492 e. The Kier molecular flexibility index (Phi) is 6.22. The highest BCUT2D eigenvalue weighted by Gasteiger charge is 2.19. The van der Waals surface area contributed by atoms with Crippen LogP contribution in [0.4, 0.5) is 4.79 Å². The zero-order valence-corrected chi connectivity index (χ0v) is 13.7. The van der Waals surface area contributed by atoms with E-state index in [1.807, 2.05) is 20.8 Å². The smallest absolute Gasteiger partial charge is 0.410 e. The number of carbonyl (C=O) groups is 2. The van der Waals surface area contributed by atoms with Crippen LogP contribution in [0.5, 0.6) is 5.75 Å². The molecule has 1 amide bonds. The first kappa shape index (κ1) is 17.8. The Balaban J connectivity index is 2.47. The van der Waals surface area contributed by atoms with Crippen molar-refractivity contribution in [2.75, 3.05) is 27.3 Å². The quantitative estimate of drug-likeness (QED) is 0.782. The van der Waals surface area contributed by atoms with E-state index in [1.54, 1.807) is 31.3 Å². The second kappa shape index (κ2) is 7.68. The van der Waals surface area contributed by atoms with Crippen LogP contribution in [0.1, 0.15) is 31.1 Å². The van der Waals surface area contributed by atoms with Gasteiger partial charge in [-0.05, 0) is 39.0 Å². The molecule has 1 rings (SSSR count). The predicted molar refractivity (Wildman–Crippen MR) is 82.1 cm³/mol. The van der Waals surface area contributed by atoms with Crippen LogP contribution in [-0.2, 0) is 9.47 Å². The summed E-state index contributed by atoms with van der Waals surface area (Å²) < 4.78 is 15.4. The van der Waals surface area contributed by atoms with Gasteiger partial charge in [0.2, 0.25) is 0 Å². The predicted octanol–water partition coefficient (Wildman–Crippen LogP) is 2.72. The van der Waals surface area contributed by atoms with Gasteiger partial charge in [0.05, 0.1) is 19.2 Å². The van der Waals surface area contributed by atoms with E-state index in [2.05, 4.69) is 4.74 Å². The molecule has 0 aliphatic rings. The minimum absolute atomic E-state index is 0.292. The van der Waals surface area contributed by atoms with Crippen LogP contribution in [0.15, 0.2) is 24.3 Å². The van der Waals surface area contributed by atoms with Crippen molar-refractivity contribution in [3.63, 3.8) is 0 Å². The number of amides is 1. The van der Waals surface area contributed by atoms with Crippen LogP contribution in [0, 0.1) is 0 Å². The van der Waals surface area contributed by atoms with E-state index < -0.39 is 17.7 Å². The molecule has 22 heavy (non-hydrogen) atoms. The lowest BCUT2D eigenvalue weighted by Crippen LogP contribution is -2.36. The molecule has 0 radical (unpaired) electrons. The van der Waals surface area contributed by atoms with Crippen LogP contribution in [-0.4, -0.2) is 49.9 Å². The summed E-state index contributed by atoms with van der Waals surface area (Å²) >= 11 is 0. The summed E-state index contributed by atoms with van der Waals surface area (Å²) in [6.07, 6.45) is -0.403. The molecule has 0 saturated carbocycles. The molecule has 122 valence electrons. The van der Waals surface area contributed by atoms with E-state index in [1.165, 1.54) is 12.0 Å². The average Bonchev–Trinajstić information content (AvgIpc) is 2.44. The van der Waals surface area contributed by atoms with Gasteiger partial charge in [-0.1, -0.05) is 6.07 Å². The van der Waals surface area contributed by atoms with Crippen LogP contribution < -0.4 is 4.74 Å². The molecule has 0 N–H and O–H groups in total. The Hall–Kier alpha value is -2.24. The number of hydrogen-bond donors (Lipinski definition) is 0. The summed E-state index contributed by atoms with van der Waals surface area (Å²) in [5.41, 5.74) is -0.110. The first-order valence-corrected chi connectivity index (χ1v) is 6.98. The SMILES string of the molecule is COC(=O)c1cccc(OCCN(C)C(=O)OC(C)(C)C)c1. The van der Waals surface area contributed by atoms with Crippen molar-refractivity contribution in [3.8, 4) is 5.75 Å². The van der Waals surface area contributed by atoms with Crippen LogP contribution in [0.2, 0.25) is 0 Å². The number of nitrogens with zero attached hydrogens (tertiary/aromatic N) is 1. The summed E-state index contributed by atoms with van der Waals surface area (Å²) in [6, 6.07) is 6.68. The fraction of sp³-hybridized carbons (Fsp3) is 0.500. The maximum absolute atomic E-state index is 11.8. The standard InChI is InChI=1S/C16H23NO5/c1-16(2,3)22-15(19)17(4)9-10-21-13-8-6-7-12(11-13)14(18)20-5/h6-8,11H,9-10H2,1-5H3. The van der Waals surface area contributed by atoms with Crippen molar-refractivity contribution < 1.29 is 23.8 Å². The van der Waals surface area contributed by atoms with E-state index in [-0.39, 0.29) is 0 Å². The maximum atomic E-state index is 11.8. The molecule has 0 bridgehead atoms. The number of hydrogen-bond acceptors (Lipinski definition) is 5. The molecule has 0 spiro atoms. The zero-order valence-electron chi connectivity index (χ0n) is 13.7. The lowest BCUT2D eigenvalue weighted by molar-refractivity contribution is 0.0278. The van der Waals surface area contributed by atoms with E-state index in [0.717, 1.165) is 0 Å². The lowest BCUT2D eigenvalue weighted by Gasteiger charge is -2.24. The molecule has 0 aromatic heterocycles. The van der Waals surface area contributed by atoms with Crippen molar-refractivity contribution in [2.24, 2.45) is 0 Å². The minimum atomic E-state index is -0.527. The number of benzene rings is 1. The fourth-order valence-corrected chi connectivity index (χ4v) is 1.56. The van der Waals surface area contributed by atoms with Crippen molar-refractivity contribution in [1.82, 2.24) is 4.90 Å². The molecule has 0 aliphatic heterocycles. The Morgan fingerprint density at radius 3 is 2.50 bits per heavy atom. The second-order valence-electron chi connectivity index (χ2n) is 5.77. The van der Waals surface area contributed by atoms with E-state index in [0.29, 0.717) is 24.5 Å². The highest BCUT2D eigenvalue weighted by Crippen LogP contribution is 2.14. The number of likely N-dealkylation sites (N-methyl/N-ethyl adjacent to an activating group) is 1. The third kappa shape index (κ3) is 6.03. The molecule has 0 fully saturated rings. The Labute approximate surface area is 131 Å². The molecule has 0 atom stereocenters. The molecular weight excluding hydrogens is 286 g/mol. The van der Waals surface area contributed by atoms with Gasteiger partial charge in [-0.2, -0.15) is 0 Å². The third-order valence-corrected chi connectivity index (χ3v) is 2.66. The molecular formula is C16H23NO5. The maximum Gasteiger partial charge on any atom is 0.410 e. The highest BCUT2D eigenvalue weighted by atomic mass is 16.6. The van der Waals surface area contributed by atoms with Gasteiger partial charge in [-0.3, -0.25) is 0 Å². The highest BCUT2D eigenvalue weighted by molar-refractivity contribution is 5.89. The average molecular weight is 309 g/mol. The molecule has 6 heteroatoms. The summed E-state index contributed by atoms with van der Waals surface area (Å²) in [7, 11) is 2.97. The van der Waals surface area contributed by atoms with Gasteiger partial charge in [0.25, 0.3) is 0 Å². The van der Waals surface area contributed by atoms with Crippen molar-refractivity contribution in [2.45, 2.75) is 26.4 Å². The zero-order chi connectivity index (χ0) is 16.8. The monoisotopic (exact) mass is 309 g/mol. The first-order valence-electron chi connectivity index (χ1n) is 6.98. The second-order valence-corrected chi connectivity index (χ2v) is 5.77. The summed E-state index contributed by atoms with van der Waals surface area (Å²) in [5, 5.41) is 0. The van der Waals surface area contributed by atoms with Gasteiger partial charge < -0.3 is 19.1 Å². The van der Waals surface area contributed by atoms with Gasteiger partial charge >= 0.3 is 12.1 Å². The number of ether oxygens (including phenoxy) is 3. The van der Waals surface area contributed by atoms with Crippen molar-refractivity contribution in [1.29, 1.82) is 0 Å². The Morgan fingerprint density at radius 2 is 1.91 bits per heavy atom. The minimum Gasteiger partial charge on any atom is -0.492 e. The third-order valence-electron chi connectivity index (χ3n) is 2.66. The van der Waals surface area contributed by atoms with Crippen LogP contribution in [0.25, 0.3) is 0 Å². The summed E-state index contributed by atoms with van der Waals surface area (Å²) in [4.78, 5) is 24.6. The van der Waals surface area contributed by atoms with E-state index in [4.69, 9.17) is 9.47 Å². The molecule has 1 aromatic carbocycles. The van der Waals surface area contributed by atoms with Crippen molar-refractivity contribution in [3.05, 3.63) is 29.8 Å². The number of esters is 1. The van der Waals surface area contributed by atoms with Crippen LogP contribution >= 0.6 is 0 Å². The molecule has 0 heterocycles. The normalized spacial score (nSPS) is 10.8. The van der Waals surface area contributed by atoms with Gasteiger partial charge in [0, 0.05) is 7.05 Å². The van der Waals surface area contributed by atoms with Gasteiger partial charge in [-0.15, -0.1) is 0 Å². The topological polar surface area (TPSA) is 65.1 Å². The molecule has 0 unspecified atom stereocenters. The van der Waals surface area contributed by atoms with Gasteiger partial charge in [0.1, 0.15) is 18.0 Å². The first-order chi connectivity index (χ1) is 10.2. The lowest BCUT2D eigenvalue weighted by atomic mass is 10.2. The Morgan fingerprint density at radius 1 is 1.23 bits per heavy atom. The molecule has 6 nitrogen and oxygen atoms in total. The summed E-state index contributed by atoms with van der Waals surface area (Å²) in [6.45, 7) is 6.10. The number of methoxy groups -OCH3 is 1.